The van der Waals surface area contributed by atoms with Gasteiger partial charge in [0.1, 0.15) is 5.41 Å². The number of benzene rings is 1. The van der Waals surface area contributed by atoms with Gasteiger partial charge in [-0.15, -0.1) is 0 Å². The number of aliphatic carboxylic acids is 1. The summed E-state index contributed by atoms with van der Waals surface area (Å²) in [7, 11) is 0. The van der Waals surface area contributed by atoms with Crippen LogP contribution < -0.4 is 5.01 Å². The monoisotopic (exact) mass is 230 g/mol. The van der Waals surface area contributed by atoms with Crippen LogP contribution in [0.1, 0.15) is 12.8 Å². The lowest BCUT2D eigenvalue weighted by molar-refractivity contribution is -0.144. The summed E-state index contributed by atoms with van der Waals surface area (Å²) in [5, 5.41) is 15.5. The van der Waals surface area contributed by atoms with Crippen LogP contribution >= 0.6 is 0 Å². The molecule has 1 fully saturated rings. The molecular weight excluding hydrogens is 216 g/mol. The van der Waals surface area contributed by atoms with Gasteiger partial charge in [0.2, 0.25) is 0 Å². The second kappa shape index (κ2) is 3.58. The number of nitrogens with zero attached hydrogens (tertiary/aromatic N) is 2. The minimum Gasteiger partial charge on any atom is -0.480 e. The molecule has 1 aliphatic carbocycles. The lowest BCUT2D eigenvalue weighted by Crippen LogP contribution is -2.39. The van der Waals surface area contributed by atoms with E-state index in [1.807, 2.05) is 30.3 Å². The van der Waals surface area contributed by atoms with Crippen molar-refractivity contribution in [3.8, 4) is 0 Å². The number of para-hydroxylation sites is 1. The Hall–Kier alpha value is -1.84. The fourth-order valence-electron chi connectivity index (χ4n) is 2.39. The first-order valence-electron chi connectivity index (χ1n) is 5.83. The summed E-state index contributed by atoms with van der Waals surface area (Å²) in [6, 6.07) is 9.70. The predicted octanol–water partition coefficient (Wildman–Crippen LogP) is 1.97. The largest absolute Gasteiger partial charge is 0.480 e. The van der Waals surface area contributed by atoms with Crippen molar-refractivity contribution in [3.05, 3.63) is 30.3 Å². The molecular formula is C13H14N2O2. The van der Waals surface area contributed by atoms with Crippen molar-refractivity contribution in [2.45, 2.75) is 12.8 Å². The summed E-state index contributed by atoms with van der Waals surface area (Å²) in [5.74, 6) is -0.486. The van der Waals surface area contributed by atoms with Gasteiger partial charge in [-0.2, -0.15) is 5.10 Å². The summed E-state index contributed by atoms with van der Waals surface area (Å²) in [5.41, 5.74) is 0.183. The molecule has 1 aromatic rings. The van der Waals surface area contributed by atoms with Crippen molar-refractivity contribution in [3.63, 3.8) is 0 Å². The molecule has 1 unspecified atom stereocenters. The standard InChI is InChI=1S/C13H14N2O2/c16-12(17)13(10-6-7-10)8-14-15(9-13)11-4-2-1-3-5-11/h1-5,8,10H,6-7,9H2,(H,16,17). The van der Waals surface area contributed by atoms with Crippen LogP contribution in [0, 0.1) is 11.3 Å². The van der Waals surface area contributed by atoms with E-state index < -0.39 is 11.4 Å². The maximum absolute atomic E-state index is 11.5. The number of hydrogen-bond donors (Lipinski definition) is 1. The highest BCUT2D eigenvalue weighted by molar-refractivity contribution is 5.97. The first kappa shape index (κ1) is 10.3. The molecule has 3 rings (SSSR count). The van der Waals surface area contributed by atoms with Crippen LogP contribution in [0.2, 0.25) is 0 Å². The van der Waals surface area contributed by atoms with Gasteiger partial charge in [0.25, 0.3) is 0 Å². The molecule has 1 saturated carbocycles. The lowest BCUT2D eigenvalue weighted by atomic mass is 9.84. The third-order valence-electron chi connectivity index (χ3n) is 3.60. The zero-order valence-electron chi connectivity index (χ0n) is 9.41. The Bertz CT molecular complexity index is 468. The van der Waals surface area contributed by atoms with Crippen LogP contribution in [0.25, 0.3) is 0 Å². The number of carbonyl (C=O) groups is 1. The second-order valence-corrected chi connectivity index (χ2v) is 4.76. The average molecular weight is 230 g/mol. The molecule has 2 aliphatic rings. The Morgan fingerprint density at radius 3 is 2.65 bits per heavy atom. The SMILES string of the molecule is O=C(O)C1(C2CC2)C=NN(c2ccccc2)C1. The molecule has 0 saturated heterocycles. The Labute approximate surface area is 99.6 Å². The molecule has 1 aromatic carbocycles. The van der Waals surface area contributed by atoms with Gasteiger partial charge in [-0.1, -0.05) is 18.2 Å². The third kappa shape index (κ3) is 1.60. The van der Waals surface area contributed by atoms with E-state index in [4.69, 9.17) is 0 Å². The van der Waals surface area contributed by atoms with E-state index in [1.54, 1.807) is 11.2 Å². The summed E-state index contributed by atoms with van der Waals surface area (Å²) in [6.07, 6.45) is 3.63. The van der Waals surface area contributed by atoms with Crippen molar-refractivity contribution in [2.24, 2.45) is 16.4 Å². The first-order chi connectivity index (χ1) is 8.22. The highest BCUT2D eigenvalue weighted by Gasteiger charge is 2.53. The maximum atomic E-state index is 11.5. The molecule has 1 atom stereocenters. The van der Waals surface area contributed by atoms with Crippen LogP contribution in [-0.2, 0) is 4.79 Å². The molecule has 4 heteroatoms. The Morgan fingerprint density at radius 2 is 2.06 bits per heavy atom. The van der Waals surface area contributed by atoms with Crippen LogP contribution in [0.5, 0.6) is 0 Å². The molecule has 88 valence electrons. The molecule has 1 aliphatic heterocycles. The molecule has 1 N–H and O–H groups in total. The van der Waals surface area contributed by atoms with E-state index in [0.717, 1.165) is 18.5 Å². The van der Waals surface area contributed by atoms with E-state index in [0.29, 0.717) is 6.54 Å². The molecule has 0 aromatic heterocycles. The first-order valence-corrected chi connectivity index (χ1v) is 5.83. The normalized spacial score (nSPS) is 27.4. The number of anilines is 1. The summed E-state index contributed by atoms with van der Waals surface area (Å²) >= 11 is 0. The summed E-state index contributed by atoms with van der Waals surface area (Å²) in [6.45, 7) is 0.455. The van der Waals surface area contributed by atoms with Crippen LogP contribution in [0.15, 0.2) is 35.4 Å². The second-order valence-electron chi connectivity index (χ2n) is 4.76. The molecule has 4 nitrogen and oxygen atoms in total. The highest BCUT2D eigenvalue weighted by Crippen LogP contribution is 2.47. The van der Waals surface area contributed by atoms with Crippen molar-refractivity contribution >= 4 is 17.9 Å². The number of hydrogen-bond acceptors (Lipinski definition) is 3. The Kier molecular flexibility index (Phi) is 2.18. The Balaban J connectivity index is 1.86. The van der Waals surface area contributed by atoms with Crippen molar-refractivity contribution in [2.75, 3.05) is 11.6 Å². The zero-order chi connectivity index (χ0) is 11.9. The van der Waals surface area contributed by atoms with Gasteiger partial charge in [0.15, 0.2) is 0 Å². The van der Waals surface area contributed by atoms with Crippen LogP contribution in [-0.4, -0.2) is 23.8 Å². The molecule has 0 spiro atoms. The van der Waals surface area contributed by atoms with E-state index in [2.05, 4.69) is 5.10 Å². The number of hydrazone groups is 1. The van der Waals surface area contributed by atoms with Gasteiger partial charge >= 0.3 is 5.97 Å². The van der Waals surface area contributed by atoms with Crippen LogP contribution in [0.3, 0.4) is 0 Å². The van der Waals surface area contributed by atoms with Gasteiger partial charge in [0.05, 0.1) is 12.2 Å². The minimum absolute atomic E-state index is 0.262. The van der Waals surface area contributed by atoms with Gasteiger partial charge in [-0.25, -0.2) is 0 Å². The van der Waals surface area contributed by atoms with Gasteiger partial charge in [-0.3, -0.25) is 9.80 Å². The average Bonchev–Trinajstić information content (AvgIpc) is 3.10. The minimum atomic E-state index is -0.768. The van der Waals surface area contributed by atoms with Crippen molar-refractivity contribution < 1.29 is 9.90 Å². The fraction of sp³-hybridized carbons (Fsp3) is 0.385. The molecule has 17 heavy (non-hydrogen) atoms. The number of carboxylic acid groups (broad SMARTS) is 1. The van der Waals surface area contributed by atoms with Crippen molar-refractivity contribution in [1.82, 2.24) is 0 Å². The zero-order valence-corrected chi connectivity index (χ0v) is 9.41. The molecule has 0 bridgehead atoms. The maximum Gasteiger partial charge on any atom is 0.317 e. The predicted molar refractivity (Wildman–Crippen MR) is 65.1 cm³/mol. The van der Waals surface area contributed by atoms with E-state index >= 15 is 0 Å². The molecule has 1 heterocycles. The summed E-state index contributed by atoms with van der Waals surface area (Å²) in [4.78, 5) is 11.5. The highest BCUT2D eigenvalue weighted by atomic mass is 16.4. The van der Waals surface area contributed by atoms with E-state index in [9.17, 15) is 9.90 Å². The van der Waals surface area contributed by atoms with Gasteiger partial charge < -0.3 is 5.11 Å². The van der Waals surface area contributed by atoms with E-state index in [-0.39, 0.29) is 5.92 Å². The third-order valence-corrected chi connectivity index (χ3v) is 3.60. The molecule has 0 amide bonds. The van der Waals surface area contributed by atoms with Crippen LogP contribution in [0.4, 0.5) is 5.69 Å². The van der Waals surface area contributed by atoms with Gasteiger partial charge in [-0.05, 0) is 30.9 Å². The Morgan fingerprint density at radius 1 is 1.35 bits per heavy atom. The molecule has 0 radical (unpaired) electrons. The topological polar surface area (TPSA) is 52.9 Å². The summed E-state index contributed by atoms with van der Waals surface area (Å²) < 4.78 is 0. The van der Waals surface area contributed by atoms with E-state index in [1.165, 1.54) is 0 Å². The number of carboxylic acids is 1. The fourth-order valence-corrected chi connectivity index (χ4v) is 2.39. The number of rotatable bonds is 3. The smallest absolute Gasteiger partial charge is 0.317 e. The van der Waals surface area contributed by atoms with Crippen molar-refractivity contribution in [1.29, 1.82) is 0 Å². The quantitative estimate of drug-likeness (QED) is 0.863. The van der Waals surface area contributed by atoms with Gasteiger partial charge in [0, 0.05) is 6.21 Å². The lowest BCUT2D eigenvalue weighted by Gasteiger charge is -2.23.